The van der Waals surface area contributed by atoms with E-state index in [-0.39, 0.29) is 23.4 Å². The molecular formula is C27H47N3O4. The van der Waals surface area contributed by atoms with Crippen molar-refractivity contribution in [3.63, 3.8) is 0 Å². The van der Waals surface area contributed by atoms with Gasteiger partial charge in [0.05, 0.1) is 0 Å². The van der Waals surface area contributed by atoms with Crippen LogP contribution in [0.5, 0.6) is 0 Å². The second kappa shape index (κ2) is 13.1. The molecule has 0 aromatic carbocycles. The highest BCUT2D eigenvalue weighted by Crippen LogP contribution is 2.28. The molecule has 4 amide bonds. The third-order valence-corrected chi connectivity index (χ3v) is 7.25. The van der Waals surface area contributed by atoms with Crippen molar-refractivity contribution >= 4 is 18.0 Å². The van der Waals surface area contributed by atoms with Gasteiger partial charge in [-0.1, -0.05) is 45.8 Å². The summed E-state index contributed by atoms with van der Waals surface area (Å²) in [5.74, 6) is 0.675. The Kier molecular flexibility index (Phi) is 10.9. The molecule has 0 aromatic heterocycles. The normalized spacial score (nSPS) is 22.4. The summed E-state index contributed by atoms with van der Waals surface area (Å²) in [7, 11) is 0. The standard InChI is InChI=1S/C27H47N3O4/c1-6-26(2,3)15-11-16-27(4,5)34-25(33)29-20-22-13-10-12-21(18-22)19-28-24(32)30-17-9-7-8-14-23(30)31/h11,15,21-22H,6-10,12-14,16-20H2,1-5H3,(H,28,32)(H,29,33)/b15-11+. The van der Waals surface area contributed by atoms with Gasteiger partial charge in [-0.25, -0.2) is 9.59 Å². The fraction of sp³-hybridized carbons (Fsp3) is 0.815. The molecule has 7 heteroatoms. The van der Waals surface area contributed by atoms with Crippen molar-refractivity contribution in [2.45, 2.75) is 104 Å². The van der Waals surface area contributed by atoms with Crippen LogP contribution < -0.4 is 10.6 Å². The maximum absolute atomic E-state index is 12.5. The van der Waals surface area contributed by atoms with Crippen LogP contribution in [-0.2, 0) is 9.53 Å². The van der Waals surface area contributed by atoms with Crippen LogP contribution in [0.2, 0.25) is 0 Å². The van der Waals surface area contributed by atoms with E-state index in [1.807, 2.05) is 13.8 Å². The van der Waals surface area contributed by atoms with E-state index in [9.17, 15) is 14.4 Å². The average molecular weight is 478 g/mol. The Morgan fingerprint density at radius 3 is 2.38 bits per heavy atom. The van der Waals surface area contributed by atoms with Gasteiger partial charge >= 0.3 is 12.1 Å². The Labute approximate surface area is 206 Å². The van der Waals surface area contributed by atoms with Crippen LogP contribution in [0.4, 0.5) is 9.59 Å². The van der Waals surface area contributed by atoms with Crippen molar-refractivity contribution in [3.05, 3.63) is 12.2 Å². The van der Waals surface area contributed by atoms with Gasteiger partial charge in [0.1, 0.15) is 5.60 Å². The first-order chi connectivity index (χ1) is 16.0. The van der Waals surface area contributed by atoms with Crippen LogP contribution in [0.1, 0.15) is 98.8 Å². The number of imide groups is 1. The molecule has 0 bridgehead atoms. The molecule has 0 radical (unpaired) electrons. The van der Waals surface area contributed by atoms with E-state index in [1.165, 1.54) is 4.90 Å². The summed E-state index contributed by atoms with van der Waals surface area (Å²) in [6, 6.07) is -0.255. The number of allylic oxidation sites excluding steroid dienone is 1. The minimum Gasteiger partial charge on any atom is -0.443 e. The number of hydrogen-bond acceptors (Lipinski definition) is 4. The van der Waals surface area contributed by atoms with Gasteiger partial charge in [0.15, 0.2) is 0 Å². The number of hydrogen-bond donors (Lipinski definition) is 2. The number of carbonyl (C=O) groups excluding carboxylic acids is 3. The lowest BCUT2D eigenvalue weighted by atomic mass is 9.81. The molecule has 34 heavy (non-hydrogen) atoms. The van der Waals surface area contributed by atoms with Gasteiger partial charge in [-0.2, -0.15) is 0 Å². The molecule has 2 rings (SSSR count). The van der Waals surface area contributed by atoms with Crippen molar-refractivity contribution in [3.8, 4) is 0 Å². The first-order valence-electron chi connectivity index (χ1n) is 13.2. The Bertz CT molecular complexity index is 717. The van der Waals surface area contributed by atoms with Crippen molar-refractivity contribution in [1.82, 2.24) is 15.5 Å². The predicted octanol–water partition coefficient (Wildman–Crippen LogP) is 5.79. The molecule has 2 aliphatic rings. The lowest BCUT2D eigenvalue weighted by Gasteiger charge is -2.30. The van der Waals surface area contributed by atoms with E-state index in [0.29, 0.717) is 44.3 Å². The molecule has 0 spiro atoms. The number of nitrogens with zero attached hydrogens (tertiary/aromatic N) is 1. The van der Waals surface area contributed by atoms with Gasteiger partial charge in [-0.15, -0.1) is 0 Å². The summed E-state index contributed by atoms with van der Waals surface area (Å²) in [6.07, 6.45) is 13.0. The zero-order valence-electron chi connectivity index (χ0n) is 22.1. The van der Waals surface area contributed by atoms with Gasteiger partial charge in [0.25, 0.3) is 0 Å². The minimum absolute atomic E-state index is 0.0632. The fourth-order valence-electron chi connectivity index (χ4n) is 4.63. The van der Waals surface area contributed by atoms with Crippen LogP contribution >= 0.6 is 0 Å². The Balaban J connectivity index is 1.71. The zero-order valence-corrected chi connectivity index (χ0v) is 22.1. The van der Waals surface area contributed by atoms with Gasteiger partial charge < -0.3 is 15.4 Å². The third kappa shape index (κ3) is 10.1. The average Bonchev–Trinajstić information content (AvgIpc) is 3.00. The van der Waals surface area contributed by atoms with Crippen LogP contribution in [0, 0.1) is 17.3 Å². The van der Waals surface area contributed by atoms with E-state index in [4.69, 9.17) is 4.74 Å². The van der Waals surface area contributed by atoms with Gasteiger partial charge in [-0.05, 0) is 69.6 Å². The molecule has 194 valence electrons. The number of alkyl carbamates (subject to hydrolysis) is 1. The van der Waals surface area contributed by atoms with E-state index in [2.05, 4.69) is 43.6 Å². The molecule has 1 aliphatic heterocycles. The van der Waals surface area contributed by atoms with Crippen LogP contribution in [0.25, 0.3) is 0 Å². The number of nitrogens with one attached hydrogen (secondary N) is 2. The number of amides is 4. The highest BCUT2D eigenvalue weighted by molar-refractivity contribution is 5.94. The molecule has 2 atom stereocenters. The predicted molar refractivity (Wildman–Crippen MR) is 135 cm³/mol. The maximum Gasteiger partial charge on any atom is 0.407 e. The molecule has 1 aliphatic carbocycles. The molecule has 1 saturated heterocycles. The lowest BCUT2D eigenvalue weighted by molar-refractivity contribution is -0.127. The Hall–Kier alpha value is -2.05. The zero-order chi connectivity index (χ0) is 25.2. The van der Waals surface area contributed by atoms with Crippen molar-refractivity contribution < 1.29 is 19.1 Å². The summed E-state index contributed by atoms with van der Waals surface area (Å²) in [6.45, 7) is 12.1. The molecule has 2 N–H and O–H groups in total. The molecule has 2 fully saturated rings. The second-order valence-electron chi connectivity index (χ2n) is 11.4. The van der Waals surface area contributed by atoms with Crippen LogP contribution in [-0.4, -0.2) is 48.2 Å². The molecule has 1 heterocycles. The molecular weight excluding hydrogens is 430 g/mol. The Morgan fingerprint density at radius 2 is 1.71 bits per heavy atom. The summed E-state index contributed by atoms with van der Waals surface area (Å²) < 4.78 is 5.67. The number of likely N-dealkylation sites (tertiary alicyclic amines) is 1. The SMILES string of the molecule is CCC(C)(C)/C=C/CC(C)(C)OC(=O)NCC1CCCC(CNC(=O)N2CCCCCC2=O)C1. The highest BCUT2D eigenvalue weighted by Gasteiger charge is 2.27. The topological polar surface area (TPSA) is 87.7 Å². The summed E-state index contributed by atoms with van der Waals surface area (Å²) in [5, 5.41) is 5.93. The molecule has 1 saturated carbocycles. The largest absolute Gasteiger partial charge is 0.443 e. The van der Waals surface area contributed by atoms with E-state index >= 15 is 0 Å². The molecule has 2 unspecified atom stereocenters. The first kappa shape index (κ1) is 28.2. The lowest BCUT2D eigenvalue weighted by Crippen LogP contribution is -2.45. The summed E-state index contributed by atoms with van der Waals surface area (Å²) in [4.78, 5) is 38.4. The Morgan fingerprint density at radius 1 is 1.03 bits per heavy atom. The smallest absolute Gasteiger partial charge is 0.407 e. The van der Waals surface area contributed by atoms with E-state index in [0.717, 1.165) is 51.4 Å². The van der Waals surface area contributed by atoms with Gasteiger partial charge in [-0.3, -0.25) is 9.69 Å². The van der Waals surface area contributed by atoms with Crippen molar-refractivity contribution in [2.24, 2.45) is 17.3 Å². The highest BCUT2D eigenvalue weighted by atomic mass is 16.6. The monoisotopic (exact) mass is 477 g/mol. The molecule has 7 nitrogen and oxygen atoms in total. The summed E-state index contributed by atoms with van der Waals surface area (Å²) >= 11 is 0. The van der Waals surface area contributed by atoms with Gasteiger partial charge in [0.2, 0.25) is 5.91 Å². The van der Waals surface area contributed by atoms with Crippen LogP contribution in [0.3, 0.4) is 0 Å². The minimum atomic E-state index is -0.561. The quantitative estimate of drug-likeness (QED) is 0.411. The number of carbonyl (C=O) groups is 3. The fourth-order valence-corrected chi connectivity index (χ4v) is 4.63. The maximum atomic E-state index is 12.5. The van der Waals surface area contributed by atoms with Crippen molar-refractivity contribution in [1.29, 1.82) is 0 Å². The number of rotatable bonds is 9. The van der Waals surface area contributed by atoms with E-state index in [1.54, 1.807) is 0 Å². The van der Waals surface area contributed by atoms with Crippen molar-refractivity contribution in [2.75, 3.05) is 19.6 Å². The van der Waals surface area contributed by atoms with Crippen LogP contribution in [0.15, 0.2) is 12.2 Å². The second-order valence-corrected chi connectivity index (χ2v) is 11.4. The first-order valence-corrected chi connectivity index (χ1v) is 13.2. The number of urea groups is 1. The summed E-state index contributed by atoms with van der Waals surface area (Å²) in [5.41, 5.74) is -0.410. The van der Waals surface area contributed by atoms with Gasteiger partial charge in [0, 0.05) is 32.5 Å². The van der Waals surface area contributed by atoms with E-state index < -0.39 is 5.60 Å². The molecule has 0 aromatic rings. The third-order valence-electron chi connectivity index (χ3n) is 7.25. The number of ether oxygens (including phenoxy) is 1.